The third kappa shape index (κ3) is 3.35. The molecule has 4 nitrogen and oxygen atoms in total. The van der Waals surface area contributed by atoms with E-state index in [4.69, 9.17) is 0 Å². The predicted molar refractivity (Wildman–Crippen MR) is 76.6 cm³/mol. The molecule has 1 aromatic rings. The fourth-order valence-electron chi connectivity index (χ4n) is 3.10. The molecule has 2 aliphatic heterocycles. The van der Waals surface area contributed by atoms with Crippen molar-refractivity contribution in [1.29, 1.82) is 0 Å². The van der Waals surface area contributed by atoms with Crippen LogP contribution in [0.3, 0.4) is 0 Å². The molecule has 1 aromatic carbocycles. The van der Waals surface area contributed by atoms with Crippen molar-refractivity contribution < 1.29 is 18.0 Å². The van der Waals surface area contributed by atoms with Gasteiger partial charge in [-0.05, 0) is 37.5 Å². The van der Waals surface area contributed by atoms with E-state index in [1.165, 1.54) is 12.1 Å². The quantitative estimate of drug-likeness (QED) is 0.837. The topological polar surface area (TPSA) is 44.4 Å². The normalized spacial score (nSPS) is 25.0. The second kappa shape index (κ2) is 5.79. The molecule has 0 radical (unpaired) electrons. The van der Waals surface area contributed by atoms with Crippen LogP contribution in [-0.2, 0) is 6.18 Å². The maximum absolute atomic E-state index is 12.7. The lowest BCUT2D eigenvalue weighted by atomic mass is 10.1. The molecule has 3 rings (SSSR count). The molecule has 2 saturated heterocycles. The number of likely N-dealkylation sites (tertiary alicyclic amines) is 1. The largest absolute Gasteiger partial charge is 0.416 e. The van der Waals surface area contributed by atoms with E-state index in [-0.39, 0.29) is 11.7 Å². The Morgan fingerprint density at radius 1 is 1.23 bits per heavy atom. The summed E-state index contributed by atoms with van der Waals surface area (Å²) in [6.45, 7) is 1.22. The predicted octanol–water partition coefficient (Wildman–Crippen LogP) is 3.06. The van der Waals surface area contributed by atoms with Gasteiger partial charge in [0.2, 0.25) is 0 Å². The van der Waals surface area contributed by atoms with Crippen molar-refractivity contribution in [2.45, 2.75) is 37.5 Å². The Morgan fingerprint density at radius 2 is 2.00 bits per heavy atom. The SMILES string of the molecule is O=C(Nc1cccc(C(F)(F)F)c1)N1CCC2CCC(C1)N2. The van der Waals surface area contributed by atoms with E-state index in [9.17, 15) is 18.0 Å². The molecule has 2 atom stereocenters. The smallest absolute Gasteiger partial charge is 0.323 e. The van der Waals surface area contributed by atoms with Crippen molar-refractivity contribution in [3.8, 4) is 0 Å². The summed E-state index contributed by atoms with van der Waals surface area (Å²) in [6.07, 6.45) is -1.36. The number of benzene rings is 1. The number of amides is 2. The van der Waals surface area contributed by atoms with Gasteiger partial charge in [-0.15, -0.1) is 0 Å². The highest BCUT2D eigenvalue weighted by atomic mass is 19.4. The molecule has 0 aromatic heterocycles. The number of anilines is 1. The Labute approximate surface area is 126 Å². The summed E-state index contributed by atoms with van der Waals surface area (Å²) >= 11 is 0. The summed E-state index contributed by atoms with van der Waals surface area (Å²) in [7, 11) is 0. The monoisotopic (exact) mass is 313 g/mol. The van der Waals surface area contributed by atoms with E-state index in [1.54, 1.807) is 4.90 Å². The summed E-state index contributed by atoms with van der Waals surface area (Å²) in [5.74, 6) is 0. The first-order valence-corrected chi connectivity index (χ1v) is 7.41. The molecular weight excluding hydrogens is 295 g/mol. The summed E-state index contributed by atoms with van der Waals surface area (Å²) in [6, 6.07) is 5.12. The lowest BCUT2D eigenvalue weighted by molar-refractivity contribution is -0.137. The van der Waals surface area contributed by atoms with Gasteiger partial charge in [0.25, 0.3) is 0 Å². The van der Waals surface area contributed by atoms with Gasteiger partial charge in [0.05, 0.1) is 5.56 Å². The molecule has 2 N–H and O–H groups in total. The number of nitrogens with one attached hydrogen (secondary N) is 2. The molecule has 0 spiro atoms. The number of urea groups is 1. The summed E-state index contributed by atoms with van der Waals surface area (Å²) in [5, 5.41) is 6.03. The van der Waals surface area contributed by atoms with Crippen LogP contribution in [0.2, 0.25) is 0 Å². The van der Waals surface area contributed by atoms with Gasteiger partial charge >= 0.3 is 12.2 Å². The first-order chi connectivity index (χ1) is 10.4. The lowest BCUT2D eigenvalue weighted by Gasteiger charge is -2.24. The summed E-state index contributed by atoms with van der Waals surface area (Å²) in [4.78, 5) is 13.9. The molecule has 0 saturated carbocycles. The van der Waals surface area contributed by atoms with Crippen LogP contribution >= 0.6 is 0 Å². The van der Waals surface area contributed by atoms with Gasteiger partial charge in [-0.2, -0.15) is 13.2 Å². The number of nitrogens with zero attached hydrogens (tertiary/aromatic N) is 1. The number of halogens is 3. The minimum atomic E-state index is -4.41. The zero-order chi connectivity index (χ0) is 15.7. The number of rotatable bonds is 1. The molecule has 2 amide bonds. The lowest BCUT2D eigenvalue weighted by Crippen LogP contribution is -2.41. The van der Waals surface area contributed by atoms with Crippen LogP contribution < -0.4 is 10.6 Å². The van der Waals surface area contributed by atoms with E-state index in [0.717, 1.165) is 31.4 Å². The molecule has 120 valence electrons. The molecule has 2 bridgehead atoms. The molecule has 0 aliphatic carbocycles. The van der Waals surface area contributed by atoms with Gasteiger partial charge in [-0.3, -0.25) is 0 Å². The Hall–Kier alpha value is -1.76. The number of fused-ring (bicyclic) bond motifs is 2. The van der Waals surface area contributed by atoms with Crippen LogP contribution in [0, 0.1) is 0 Å². The van der Waals surface area contributed by atoms with E-state index in [0.29, 0.717) is 25.2 Å². The van der Waals surface area contributed by atoms with Crippen LogP contribution in [-0.4, -0.2) is 36.1 Å². The average molecular weight is 313 g/mol. The average Bonchev–Trinajstić information content (AvgIpc) is 2.77. The molecule has 2 unspecified atom stereocenters. The standard InChI is InChI=1S/C15H18F3N3O/c16-15(17,18)10-2-1-3-12(8-10)20-14(22)21-7-6-11-4-5-13(9-21)19-11/h1-3,8,11,13,19H,4-7,9H2,(H,20,22). The maximum atomic E-state index is 12.7. The number of hydrogen-bond acceptors (Lipinski definition) is 2. The molecule has 2 heterocycles. The molecule has 2 aliphatic rings. The van der Waals surface area contributed by atoms with E-state index >= 15 is 0 Å². The van der Waals surface area contributed by atoms with Crippen LogP contribution in [0.5, 0.6) is 0 Å². The van der Waals surface area contributed by atoms with Crippen LogP contribution in [0.1, 0.15) is 24.8 Å². The van der Waals surface area contributed by atoms with E-state index in [1.807, 2.05) is 0 Å². The highest BCUT2D eigenvalue weighted by molar-refractivity contribution is 5.89. The van der Waals surface area contributed by atoms with Crippen molar-refractivity contribution in [2.75, 3.05) is 18.4 Å². The molecular formula is C15H18F3N3O. The fourth-order valence-corrected chi connectivity index (χ4v) is 3.10. The zero-order valence-corrected chi connectivity index (χ0v) is 12.0. The van der Waals surface area contributed by atoms with Crippen molar-refractivity contribution in [1.82, 2.24) is 10.2 Å². The molecule has 22 heavy (non-hydrogen) atoms. The van der Waals surface area contributed by atoms with Crippen LogP contribution in [0.4, 0.5) is 23.7 Å². The minimum Gasteiger partial charge on any atom is -0.323 e. The summed E-state index contributed by atoms with van der Waals surface area (Å²) in [5.41, 5.74) is -0.593. The Bertz CT molecular complexity index is 561. The Balaban J connectivity index is 1.66. The second-order valence-electron chi connectivity index (χ2n) is 5.88. The fraction of sp³-hybridized carbons (Fsp3) is 0.533. The van der Waals surface area contributed by atoms with Gasteiger partial charge in [0.15, 0.2) is 0 Å². The first-order valence-electron chi connectivity index (χ1n) is 7.41. The Morgan fingerprint density at radius 3 is 2.77 bits per heavy atom. The summed E-state index contributed by atoms with van der Waals surface area (Å²) < 4.78 is 38.1. The third-order valence-corrected chi connectivity index (χ3v) is 4.25. The maximum Gasteiger partial charge on any atom is 0.416 e. The van der Waals surface area contributed by atoms with E-state index in [2.05, 4.69) is 10.6 Å². The van der Waals surface area contributed by atoms with Crippen LogP contribution in [0.15, 0.2) is 24.3 Å². The van der Waals surface area contributed by atoms with Gasteiger partial charge in [-0.25, -0.2) is 4.79 Å². The molecule has 2 fully saturated rings. The number of carbonyl (C=O) groups is 1. The number of alkyl halides is 3. The third-order valence-electron chi connectivity index (χ3n) is 4.25. The number of hydrogen-bond donors (Lipinski definition) is 2. The van der Waals surface area contributed by atoms with Crippen molar-refractivity contribution in [2.24, 2.45) is 0 Å². The first kappa shape index (κ1) is 15.1. The van der Waals surface area contributed by atoms with Gasteiger partial charge < -0.3 is 15.5 Å². The van der Waals surface area contributed by atoms with Gasteiger partial charge in [0.1, 0.15) is 0 Å². The molecule has 7 heteroatoms. The highest BCUT2D eigenvalue weighted by Gasteiger charge is 2.32. The zero-order valence-electron chi connectivity index (χ0n) is 12.0. The highest BCUT2D eigenvalue weighted by Crippen LogP contribution is 2.30. The van der Waals surface area contributed by atoms with Crippen molar-refractivity contribution in [3.05, 3.63) is 29.8 Å². The number of carbonyl (C=O) groups excluding carboxylic acids is 1. The van der Waals surface area contributed by atoms with Crippen molar-refractivity contribution >= 4 is 11.7 Å². The Kier molecular flexibility index (Phi) is 3.99. The van der Waals surface area contributed by atoms with Gasteiger partial charge in [-0.1, -0.05) is 6.07 Å². The van der Waals surface area contributed by atoms with Gasteiger partial charge in [0, 0.05) is 30.9 Å². The second-order valence-corrected chi connectivity index (χ2v) is 5.88. The minimum absolute atomic E-state index is 0.169. The van der Waals surface area contributed by atoms with Crippen LogP contribution in [0.25, 0.3) is 0 Å². The van der Waals surface area contributed by atoms with E-state index < -0.39 is 11.7 Å². The van der Waals surface area contributed by atoms with Crippen molar-refractivity contribution in [3.63, 3.8) is 0 Å².